The molecule has 54 valence electrons. The molecule has 0 bridgehead atoms. The summed E-state index contributed by atoms with van der Waals surface area (Å²) in [6.07, 6.45) is 2.60. The number of rotatable bonds is 1. The van der Waals surface area contributed by atoms with Gasteiger partial charge < -0.3 is 5.84 Å². The zero-order valence-electron chi connectivity index (χ0n) is 5.83. The fraction of sp³-hybridized carbons (Fsp3) is 0.333. The van der Waals surface area contributed by atoms with Crippen LogP contribution in [0.15, 0.2) is 17.4 Å². The monoisotopic (exact) mass is 138 g/mol. The van der Waals surface area contributed by atoms with E-state index in [0.717, 1.165) is 12.0 Å². The average Bonchev–Trinajstić information content (AvgIpc) is 2.04. The first-order valence-corrected chi connectivity index (χ1v) is 3.15. The van der Waals surface area contributed by atoms with Crippen LogP contribution >= 0.6 is 0 Å². The minimum absolute atomic E-state index is 0.657. The summed E-state index contributed by atoms with van der Waals surface area (Å²) in [5.41, 5.74) is 1.74. The van der Waals surface area contributed by atoms with Crippen molar-refractivity contribution in [2.75, 3.05) is 0 Å². The summed E-state index contributed by atoms with van der Waals surface area (Å²) in [5, 5.41) is 9.98. The Morgan fingerprint density at radius 2 is 2.60 bits per heavy atom. The molecule has 1 rings (SSSR count). The van der Waals surface area contributed by atoms with E-state index in [2.05, 4.69) is 15.3 Å². The van der Waals surface area contributed by atoms with Gasteiger partial charge in [-0.2, -0.15) is 10.2 Å². The molecule has 0 fully saturated rings. The lowest BCUT2D eigenvalue weighted by Crippen LogP contribution is -2.16. The van der Waals surface area contributed by atoms with Crippen molar-refractivity contribution in [3.05, 3.63) is 23.3 Å². The number of aryl methyl sites for hydroxylation is 1. The van der Waals surface area contributed by atoms with E-state index in [-0.39, 0.29) is 0 Å². The molecule has 1 heterocycles. The van der Waals surface area contributed by atoms with Gasteiger partial charge in [0, 0.05) is 6.20 Å². The summed E-state index contributed by atoms with van der Waals surface area (Å²) in [7, 11) is 0. The van der Waals surface area contributed by atoms with Crippen LogP contribution in [0.2, 0.25) is 0 Å². The SMILES string of the molecule is CCc1ccn[nH]c1=NN. The third kappa shape index (κ3) is 1.15. The van der Waals surface area contributed by atoms with Crippen LogP contribution in [-0.4, -0.2) is 10.2 Å². The van der Waals surface area contributed by atoms with E-state index in [9.17, 15) is 0 Å². The fourth-order valence-electron chi connectivity index (χ4n) is 0.773. The predicted molar refractivity (Wildman–Crippen MR) is 37.7 cm³/mol. The molecule has 4 heteroatoms. The van der Waals surface area contributed by atoms with Crippen LogP contribution < -0.4 is 11.3 Å². The van der Waals surface area contributed by atoms with Gasteiger partial charge in [-0.15, -0.1) is 0 Å². The number of aromatic amines is 1. The molecule has 4 nitrogen and oxygen atoms in total. The summed E-state index contributed by atoms with van der Waals surface area (Å²) in [6, 6.07) is 1.89. The number of hydrogen-bond acceptors (Lipinski definition) is 3. The number of aromatic nitrogens is 2. The maximum atomic E-state index is 5.08. The van der Waals surface area contributed by atoms with Crippen molar-refractivity contribution in [3.63, 3.8) is 0 Å². The highest BCUT2D eigenvalue weighted by atomic mass is 15.2. The Hall–Kier alpha value is -1.32. The maximum Gasteiger partial charge on any atom is 0.169 e. The van der Waals surface area contributed by atoms with Crippen molar-refractivity contribution >= 4 is 0 Å². The van der Waals surface area contributed by atoms with Gasteiger partial charge in [0.1, 0.15) is 0 Å². The lowest BCUT2D eigenvalue weighted by molar-refractivity contribution is 0.882. The fourth-order valence-corrected chi connectivity index (χ4v) is 0.773. The maximum absolute atomic E-state index is 5.08. The standard InChI is InChI=1S/C6H10N4/c1-2-5-3-4-8-10-6(5)9-7/h3-4H,2,7H2,1H3,(H,9,10). The summed E-state index contributed by atoms with van der Waals surface area (Å²) in [5.74, 6) is 5.08. The van der Waals surface area contributed by atoms with Gasteiger partial charge in [0.15, 0.2) is 5.49 Å². The van der Waals surface area contributed by atoms with Gasteiger partial charge in [-0.05, 0) is 18.1 Å². The molecule has 0 spiro atoms. The summed E-state index contributed by atoms with van der Waals surface area (Å²) >= 11 is 0. The molecular formula is C6H10N4. The molecule has 0 saturated heterocycles. The van der Waals surface area contributed by atoms with Gasteiger partial charge >= 0.3 is 0 Å². The molecule has 0 aliphatic rings. The minimum Gasteiger partial charge on any atom is -0.321 e. The van der Waals surface area contributed by atoms with Crippen LogP contribution in [0.5, 0.6) is 0 Å². The second-order valence-electron chi connectivity index (χ2n) is 1.91. The van der Waals surface area contributed by atoms with Crippen molar-refractivity contribution in [1.82, 2.24) is 10.2 Å². The molecule has 0 atom stereocenters. The number of nitrogens with two attached hydrogens (primary N) is 1. The average molecular weight is 138 g/mol. The molecule has 1 aromatic rings. The summed E-state index contributed by atoms with van der Waals surface area (Å²) in [4.78, 5) is 0. The molecular weight excluding hydrogens is 128 g/mol. The Morgan fingerprint density at radius 3 is 3.10 bits per heavy atom. The third-order valence-corrected chi connectivity index (χ3v) is 1.33. The first kappa shape index (κ1) is 6.80. The van der Waals surface area contributed by atoms with Crippen molar-refractivity contribution in [2.24, 2.45) is 10.9 Å². The van der Waals surface area contributed by atoms with Crippen LogP contribution in [0.1, 0.15) is 12.5 Å². The Kier molecular flexibility index (Phi) is 2.04. The van der Waals surface area contributed by atoms with Gasteiger partial charge in [0.05, 0.1) is 0 Å². The largest absolute Gasteiger partial charge is 0.321 e. The topological polar surface area (TPSA) is 67.1 Å². The molecule has 3 N–H and O–H groups in total. The number of hydrogen-bond donors (Lipinski definition) is 2. The smallest absolute Gasteiger partial charge is 0.169 e. The molecule has 0 amide bonds. The van der Waals surface area contributed by atoms with Gasteiger partial charge in [-0.3, -0.25) is 5.10 Å². The van der Waals surface area contributed by atoms with E-state index >= 15 is 0 Å². The van der Waals surface area contributed by atoms with Crippen LogP contribution in [-0.2, 0) is 6.42 Å². The molecule has 0 aliphatic carbocycles. The zero-order chi connectivity index (χ0) is 7.40. The van der Waals surface area contributed by atoms with Gasteiger partial charge in [0.25, 0.3) is 0 Å². The highest BCUT2D eigenvalue weighted by Crippen LogP contribution is 1.86. The third-order valence-electron chi connectivity index (χ3n) is 1.33. The van der Waals surface area contributed by atoms with Gasteiger partial charge in [-0.1, -0.05) is 6.92 Å². The molecule has 0 saturated carbocycles. The van der Waals surface area contributed by atoms with E-state index in [0.29, 0.717) is 5.49 Å². The molecule has 0 aromatic carbocycles. The molecule has 0 aliphatic heterocycles. The van der Waals surface area contributed by atoms with Crippen molar-refractivity contribution in [1.29, 1.82) is 0 Å². The first-order chi connectivity index (χ1) is 4.88. The van der Waals surface area contributed by atoms with E-state index in [1.807, 2.05) is 13.0 Å². The zero-order valence-corrected chi connectivity index (χ0v) is 5.83. The molecule has 0 radical (unpaired) electrons. The quantitative estimate of drug-likeness (QED) is 0.415. The second-order valence-corrected chi connectivity index (χ2v) is 1.91. The summed E-state index contributed by atoms with van der Waals surface area (Å²) in [6.45, 7) is 2.04. The van der Waals surface area contributed by atoms with E-state index < -0.39 is 0 Å². The Labute approximate surface area is 58.8 Å². The Bertz CT molecular complexity index is 262. The van der Waals surface area contributed by atoms with Crippen molar-refractivity contribution in [2.45, 2.75) is 13.3 Å². The van der Waals surface area contributed by atoms with Crippen molar-refractivity contribution in [3.8, 4) is 0 Å². The first-order valence-electron chi connectivity index (χ1n) is 3.15. The van der Waals surface area contributed by atoms with Crippen LogP contribution in [0, 0.1) is 0 Å². The Morgan fingerprint density at radius 1 is 1.80 bits per heavy atom. The van der Waals surface area contributed by atoms with E-state index in [4.69, 9.17) is 5.84 Å². The predicted octanol–water partition coefficient (Wildman–Crippen LogP) is -0.253. The normalized spacial score (nSPS) is 11.9. The molecule has 10 heavy (non-hydrogen) atoms. The van der Waals surface area contributed by atoms with E-state index in [1.165, 1.54) is 0 Å². The van der Waals surface area contributed by atoms with Crippen LogP contribution in [0.3, 0.4) is 0 Å². The highest BCUT2D eigenvalue weighted by Gasteiger charge is 1.89. The number of nitrogens with zero attached hydrogens (tertiary/aromatic N) is 2. The van der Waals surface area contributed by atoms with Crippen LogP contribution in [0.4, 0.5) is 0 Å². The second kappa shape index (κ2) is 3.00. The molecule has 1 aromatic heterocycles. The number of nitrogens with one attached hydrogen (secondary N) is 1. The Balaban J connectivity index is 3.23. The lowest BCUT2D eigenvalue weighted by atomic mass is 10.2. The van der Waals surface area contributed by atoms with E-state index in [1.54, 1.807) is 6.20 Å². The van der Waals surface area contributed by atoms with Gasteiger partial charge in [0.2, 0.25) is 0 Å². The summed E-state index contributed by atoms with van der Waals surface area (Å²) < 4.78 is 0. The van der Waals surface area contributed by atoms with Crippen LogP contribution in [0.25, 0.3) is 0 Å². The minimum atomic E-state index is 0.657. The lowest BCUT2D eigenvalue weighted by Gasteiger charge is -1.93. The number of H-pyrrole nitrogens is 1. The molecule has 0 unspecified atom stereocenters. The van der Waals surface area contributed by atoms with Gasteiger partial charge in [-0.25, -0.2) is 0 Å². The van der Waals surface area contributed by atoms with Crippen molar-refractivity contribution < 1.29 is 0 Å². The highest BCUT2D eigenvalue weighted by molar-refractivity contribution is 5.03.